The number of hydrogen-bond donors (Lipinski definition) is 2. The van der Waals surface area contributed by atoms with Crippen LogP contribution in [0.1, 0.15) is 29.7 Å². The van der Waals surface area contributed by atoms with Crippen LogP contribution in [0, 0.1) is 13.8 Å². The van der Waals surface area contributed by atoms with Gasteiger partial charge in [-0.15, -0.1) is 0 Å². The van der Waals surface area contributed by atoms with E-state index in [-0.39, 0.29) is 6.61 Å². The van der Waals surface area contributed by atoms with Crippen molar-refractivity contribution >= 4 is 5.97 Å². The van der Waals surface area contributed by atoms with E-state index in [1.165, 1.54) is 0 Å². The minimum absolute atomic E-state index is 0.176. The molecule has 0 aromatic heterocycles. The van der Waals surface area contributed by atoms with Gasteiger partial charge in [-0.1, -0.05) is 18.2 Å². The first-order valence-corrected chi connectivity index (χ1v) is 5.57. The average Bonchev–Trinajstić information content (AvgIpc) is 2.31. The lowest BCUT2D eigenvalue weighted by atomic mass is 10.00. The summed E-state index contributed by atoms with van der Waals surface area (Å²) in [7, 11) is 0. The van der Waals surface area contributed by atoms with Crippen LogP contribution in [0.15, 0.2) is 18.2 Å². The van der Waals surface area contributed by atoms with Gasteiger partial charge < -0.3 is 14.9 Å². The Morgan fingerprint density at radius 2 is 1.94 bits per heavy atom. The monoisotopic (exact) mass is 238 g/mol. The van der Waals surface area contributed by atoms with Crippen LogP contribution in [0.5, 0.6) is 0 Å². The highest BCUT2D eigenvalue weighted by atomic mass is 16.5. The van der Waals surface area contributed by atoms with Gasteiger partial charge in [-0.2, -0.15) is 0 Å². The molecule has 0 fully saturated rings. The number of carbonyl (C=O) groups is 1. The summed E-state index contributed by atoms with van der Waals surface area (Å²) in [6.07, 6.45) is -2.80. The van der Waals surface area contributed by atoms with Crippen LogP contribution in [-0.2, 0) is 9.53 Å². The first-order chi connectivity index (χ1) is 7.97. The molecule has 0 saturated carbocycles. The third kappa shape index (κ3) is 3.28. The number of rotatable bonds is 4. The molecule has 0 saturated heterocycles. The molecule has 4 nitrogen and oxygen atoms in total. The molecular weight excluding hydrogens is 220 g/mol. The zero-order valence-electron chi connectivity index (χ0n) is 10.3. The van der Waals surface area contributed by atoms with E-state index >= 15 is 0 Å². The van der Waals surface area contributed by atoms with E-state index in [9.17, 15) is 15.0 Å². The number of ether oxygens (including phenoxy) is 1. The quantitative estimate of drug-likeness (QED) is 0.775. The van der Waals surface area contributed by atoms with Crippen molar-refractivity contribution < 1.29 is 19.7 Å². The van der Waals surface area contributed by atoms with Gasteiger partial charge in [0.15, 0.2) is 6.10 Å². The van der Waals surface area contributed by atoms with Crippen molar-refractivity contribution in [2.45, 2.75) is 33.0 Å². The van der Waals surface area contributed by atoms with Crippen LogP contribution in [0.2, 0.25) is 0 Å². The van der Waals surface area contributed by atoms with Crippen molar-refractivity contribution in [3.05, 3.63) is 34.9 Å². The van der Waals surface area contributed by atoms with Gasteiger partial charge in [0.2, 0.25) is 0 Å². The second-order valence-corrected chi connectivity index (χ2v) is 3.99. The Hall–Kier alpha value is -1.39. The van der Waals surface area contributed by atoms with Crippen LogP contribution < -0.4 is 0 Å². The van der Waals surface area contributed by atoms with E-state index in [4.69, 9.17) is 0 Å². The summed E-state index contributed by atoms with van der Waals surface area (Å²) < 4.78 is 4.65. The molecule has 94 valence electrons. The van der Waals surface area contributed by atoms with Gasteiger partial charge in [-0.3, -0.25) is 0 Å². The first-order valence-electron chi connectivity index (χ1n) is 5.57. The minimum Gasteiger partial charge on any atom is -0.464 e. The summed E-state index contributed by atoms with van der Waals surface area (Å²) in [4.78, 5) is 11.3. The lowest BCUT2D eigenvalue weighted by Crippen LogP contribution is -2.29. The van der Waals surface area contributed by atoms with Gasteiger partial charge in [-0.05, 0) is 37.5 Å². The molecule has 0 aliphatic heterocycles. The van der Waals surface area contributed by atoms with Gasteiger partial charge in [0.25, 0.3) is 0 Å². The molecule has 0 spiro atoms. The van der Waals surface area contributed by atoms with Crippen molar-refractivity contribution in [1.29, 1.82) is 0 Å². The van der Waals surface area contributed by atoms with Crippen LogP contribution in [0.4, 0.5) is 0 Å². The largest absolute Gasteiger partial charge is 0.464 e. The number of carbonyl (C=O) groups excluding carboxylic acids is 1. The Balaban J connectivity index is 2.84. The molecule has 0 amide bonds. The van der Waals surface area contributed by atoms with Crippen LogP contribution in [-0.4, -0.2) is 28.9 Å². The van der Waals surface area contributed by atoms with E-state index < -0.39 is 18.2 Å². The maximum Gasteiger partial charge on any atom is 0.338 e. The van der Waals surface area contributed by atoms with Gasteiger partial charge in [0.05, 0.1) is 6.61 Å². The third-order valence-corrected chi connectivity index (χ3v) is 2.70. The summed E-state index contributed by atoms with van der Waals surface area (Å²) in [5.74, 6) is -0.807. The summed E-state index contributed by atoms with van der Waals surface area (Å²) in [5, 5.41) is 19.5. The summed E-state index contributed by atoms with van der Waals surface area (Å²) in [5.41, 5.74) is 2.60. The highest BCUT2D eigenvalue weighted by Crippen LogP contribution is 2.20. The van der Waals surface area contributed by atoms with Crippen molar-refractivity contribution in [3.63, 3.8) is 0 Å². The molecule has 0 aliphatic rings. The molecule has 4 heteroatoms. The normalized spacial score (nSPS) is 14.2. The standard InChI is InChI=1S/C13H18O4/c1-4-17-13(16)12(15)11(14)10-6-5-8(2)9(3)7-10/h5-7,11-12,14-15H,4H2,1-3H3. The molecule has 1 aromatic rings. The molecule has 0 bridgehead atoms. The highest BCUT2D eigenvalue weighted by molar-refractivity contribution is 5.75. The van der Waals surface area contributed by atoms with E-state index in [0.29, 0.717) is 5.56 Å². The minimum atomic E-state index is -1.54. The number of aliphatic hydroxyl groups excluding tert-OH is 2. The smallest absolute Gasteiger partial charge is 0.338 e. The molecule has 0 heterocycles. The number of benzene rings is 1. The second-order valence-electron chi connectivity index (χ2n) is 3.99. The van der Waals surface area contributed by atoms with Gasteiger partial charge >= 0.3 is 5.97 Å². The Morgan fingerprint density at radius 3 is 2.47 bits per heavy atom. The molecule has 1 aromatic carbocycles. The van der Waals surface area contributed by atoms with Gasteiger partial charge in [0.1, 0.15) is 6.10 Å². The van der Waals surface area contributed by atoms with Crippen LogP contribution >= 0.6 is 0 Å². The van der Waals surface area contributed by atoms with Crippen molar-refractivity contribution in [1.82, 2.24) is 0 Å². The first kappa shape index (κ1) is 13.7. The summed E-state index contributed by atoms with van der Waals surface area (Å²) in [6.45, 7) is 5.68. The predicted molar refractivity (Wildman–Crippen MR) is 63.5 cm³/mol. The lowest BCUT2D eigenvalue weighted by molar-refractivity contribution is -0.159. The Bertz CT molecular complexity index is 400. The maximum atomic E-state index is 11.3. The van der Waals surface area contributed by atoms with E-state index in [0.717, 1.165) is 11.1 Å². The fraction of sp³-hybridized carbons (Fsp3) is 0.462. The van der Waals surface area contributed by atoms with E-state index in [1.54, 1.807) is 19.1 Å². The molecule has 0 radical (unpaired) electrons. The number of aliphatic hydroxyl groups is 2. The second kappa shape index (κ2) is 5.80. The lowest BCUT2D eigenvalue weighted by Gasteiger charge is -2.17. The third-order valence-electron chi connectivity index (χ3n) is 2.70. The van der Waals surface area contributed by atoms with Crippen molar-refractivity contribution in [3.8, 4) is 0 Å². The zero-order valence-corrected chi connectivity index (χ0v) is 10.3. The summed E-state index contributed by atoms with van der Waals surface area (Å²) >= 11 is 0. The number of hydrogen-bond acceptors (Lipinski definition) is 4. The number of esters is 1. The van der Waals surface area contributed by atoms with Gasteiger partial charge in [0, 0.05) is 0 Å². The van der Waals surface area contributed by atoms with Crippen molar-refractivity contribution in [2.75, 3.05) is 6.61 Å². The summed E-state index contributed by atoms with van der Waals surface area (Å²) in [6, 6.07) is 5.28. The molecule has 2 N–H and O–H groups in total. The van der Waals surface area contributed by atoms with E-state index in [1.807, 2.05) is 19.9 Å². The zero-order chi connectivity index (χ0) is 13.0. The van der Waals surface area contributed by atoms with Gasteiger partial charge in [-0.25, -0.2) is 4.79 Å². The molecule has 1 rings (SSSR count). The average molecular weight is 238 g/mol. The molecule has 2 atom stereocenters. The topological polar surface area (TPSA) is 66.8 Å². The van der Waals surface area contributed by atoms with Crippen molar-refractivity contribution in [2.24, 2.45) is 0 Å². The maximum absolute atomic E-state index is 11.3. The highest BCUT2D eigenvalue weighted by Gasteiger charge is 2.26. The molecule has 2 unspecified atom stereocenters. The predicted octanol–water partition coefficient (Wildman–Crippen LogP) is 1.26. The van der Waals surface area contributed by atoms with E-state index in [2.05, 4.69) is 4.74 Å². The fourth-order valence-corrected chi connectivity index (χ4v) is 1.49. The SMILES string of the molecule is CCOC(=O)C(O)C(O)c1ccc(C)c(C)c1. The molecule has 0 aliphatic carbocycles. The fourth-order valence-electron chi connectivity index (χ4n) is 1.49. The van der Waals surface area contributed by atoms with Crippen LogP contribution in [0.3, 0.4) is 0 Å². The van der Waals surface area contributed by atoms with Crippen LogP contribution in [0.25, 0.3) is 0 Å². The Labute approximate surface area is 101 Å². The molecule has 17 heavy (non-hydrogen) atoms. The Kier molecular flexibility index (Phi) is 4.66. The number of aryl methyl sites for hydroxylation is 2. The Morgan fingerprint density at radius 1 is 1.29 bits per heavy atom. The molecular formula is C13H18O4.